The van der Waals surface area contributed by atoms with Gasteiger partial charge in [-0.05, 0) is 47.9 Å². The second kappa shape index (κ2) is 6.36. The Bertz CT molecular complexity index is 793. The third-order valence-corrected chi connectivity index (χ3v) is 4.80. The summed E-state index contributed by atoms with van der Waals surface area (Å²) in [5, 5.41) is 0.218. The number of anilines is 1. The van der Waals surface area contributed by atoms with E-state index in [1.54, 1.807) is 18.2 Å². The third-order valence-electron chi connectivity index (χ3n) is 4.36. The topological polar surface area (TPSA) is 47.3 Å². The van der Waals surface area contributed by atoms with Crippen LogP contribution in [0.1, 0.15) is 29.2 Å². The summed E-state index contributed by atoms with van der Waals surface area (Å²) in [6, 6.07) is 8.26. The molecular weight excluding hydrogens is 376 g/mol. The van der Waals surface area contributed by atoms with Crippen LogP contribution in [0.2, 0.25) is 10.0 Å². The van der Waals surface area contributed by atoms with Gasteiger partial charge in [-0.15, -0.1) is 0 Å². The lowest BCUT2D eigenvalue weighted by molar-refractivity contribution is -0.282. The lowest BCUT2D eigenvalue weighted by atomic mass is 9.85. The van der Waals surface area contributed by atoms with Crippen LogP contribution in [-0.2, 0) is 10.4 Å². The van der Waals surface area contributed by atoms with E-state index in [0.717, 1.165) is 5.56 Å². The van der Waals surface area contributed by atoms with Crippen LogP contribution in [0.15, 0.2) is 36.4 Å². The summed E-state index contributed by atoms with van der Waals surface area (Å²) in [6.45, 7) is 1.83. The highest BCUT2D eigenvalue weighted by atomic mass is 35.5. The molecule has 2 aromatic carbocycles. The van der Waals surface area contributed by atoms with Gasteiger partial charge in [0.05, 0.1) is 6.04 Å². The largest absolute Gasteiger partial charge is 0.423 e. The van der Waals surface area contributed by atoms with Crippen LogP contribution in [0, 0.1) is 6.92 Å². The van der Waals surface area contributed by atoms with Crippen molar-refractivity contribution in [2.75, 3.05) is 5.73 Å². The molecule has 3 rings (SSSR count). The first-order valence-electron chi connectivity index (χ1n) is 7.45. The number of nitrogen functional groups attached to an aromatic ring is 1. The molecule has 8 heteroatoms. The van der Waals surface area contributed by atoms with Gasteiger partial charge >= 0.3 is 6.18 Å². The zero-order chi connectivity index (χ0) is 18.4. The molecule has 2 unspecified atom stereocenters. The van der Waals surface area contributed by atoms with Gasteiger partial charge in [0.1, 0.15) is 0 Å². The van der Waals surface area contributed by atoms with Crippen molar-refractivity contribution < 1.29 is 18.0 Å². The number of benzene rings is 2. The molecule has 134 valence electrons. The van der Waals surface area contributed by atoms with Gasteiger partial charge in [-0.2, -0.15) is 18.7 Å². The number of rotatable bonds is 2. The zero-order valence-electron chi connectivity index (χ0n) is 13.1. The molecule has 0 saturated carbocycles. The fraction of sp³-hybridized carbons (Fsp3) is 0.294. The van der Waals surface area contributed by atoms with E-state index < -0.39 is 17.8 Å². The minimum absolute atomic E-state index is 0.109. The Hall–Kier alpha value is -1.47. The van der Waals surface area contributed by atoms with Crippen LogP contribution in [0.25, 0.3) is 0 Å². The summed E-state index contributed by atoms with van der Waals surface area (Å²) in [5.41, 5.74) is 7.64. The second-order valence-corrected chi connectivity index (χ2v) is 6.95. The van der Waals surface area contributed by atoms with E-state index in [9.17, 15) is 13.2 Å². The fourth-order valence-electron chi connectivity index (χ4n) is 2.91. The highest BCUT2D eigenvalue weighted by molar-refractivity contribution is 6.34. The summed E-state index contributed by atoms with van der Waals surface area (Å²) in [5.74, 6) is 0. The zero-order valence-corrected chi connectivity index (χ0v) is 14.6. The van der Waals surface area contributed by atoms with Gasteiger partial charge < -0.3 is 5.73 Å². The molecule has 1 saturated heterocycles. The first-order valence-corrected chi connectivity index (χ1v) is 8.21. The van der Waals surface area contributed by atoms with Crippen molar-refractivity contribution in [1.82, 2.24) is 5.48 Å². The van der Waals surface area contributed by atoms with Gasteiger partial charge in [-0.1, -0.05) is 35.3 Å². The Kier molecular flexibility index (Phi) is 4.66. The highest BCUT2D eigenvalue weighted by Gasteiger charge is 2.62. The smallest absolute Gasteiger partial charge is 0.399 e. The standard InChI is InChI=1S/C17H15Cl2F3N2O/c1-9-2-3-10(4-14(9)23)15-8-16(25-24-15,17(20,21)22)11-5-12(18)7-13(19)6-11/h2-7,15,24H,8,23H2,1H3. The molecule has 1 aliphatic heterocycles. The summed E-state index contributed by atoms with van der Waals surface area (Å²) in [6.07, 6.45) is -5.03. The van der Waals surface area contributed by atoms with Crippen molar-refractivity contribution in [2.45, 2.75) is 31.2 Å². The maximum absolute atomic E-state index is 13.9. The van der Waals surface area contributed by atoms with E-state index in [-0.39, 0.29) is 22.0 Å². The van der Waals surface area contributed by atoms with Gasteiger partial charge in [0.2, 0.25) is 5.60 Å². The monoisotopic (exact) mass is 390 g/mol. The molecule has 2 aromatic rings. The summed E-state index contributed by atoms with van der Waals surface area (Å²) >= 11 is 11.8. The Morgan fingerprint density at radius 1 is 1.16 bits per heavy atom. The number of nitrogens with one attached hydrogen (secondary N) is 1. The van der Waals surface area contributed by atoms with Gasteiger partial charge in [0.25, 0.3) is 0 Å². The second-order valence-electron chi connectivity index (χ2n) is 6.08. The molecule has 0 spiro atoms. The first-order chi connectivity index (χ1) is 11.6. The van der Waals surface area contributed by atoms with Gasteiger partial charge in [0.15, 0.2) is 0 Å². The van der Waals surface area contributed by atoms with E-state index in [1.807, 2.05) is 6.92 Å². The summed E-state index contributed by atoms with van der Waals surface area (Å²) in [7, 11) is 0. The van der Waals surface area contributed by atoms with Crippen LogP contribution >= 0.6 is 23.2 Å². The summed E-state index contributed by atoms with van der Waals surface area (Å²) < 4.78 is 41.8. The molecular formula is C17H15Cl2F3N2O. The Labute approximate surface area is 152 Å². The van der Waals surface area contributed by atoms with Gasteiger partial charge in [0, 0.05) is 22.2 Å². The van der Waals surface area contributed by atoms with Crippen molar-refractivity contribution in [3.05, 3.63) is 63.1 Å². The van der Waals surface area contributed by atoms with Crippen LogP contribution in [0.3, 0.4) is 0 Å². The SMILES string of the molecule is Cc1ccc(C2CC(c3cc(Cl)cc(Cl)c3)(C(F)(F)F)ON2)cc1N. The number of aryl methyl sites for hydroxylation is 1. The van der Waals surface area contributed by atoms with E-state index in [0.29, 0.717) is 11.3 Å². The molecule has 3 N–H and O–H groups in total. The van der Waals surface area contributed by atoms with Crippen molar-refractivity contribution in [2.24, 2.45) is 0 Å². The number of hydrogen-bond acceptors (Lipinski definition) is 3. The Morgan fingerprint density at radius 2 is 1.80 bits per heavy atom. The minimum atomic E-state index is -4.67. The third kappa shape index (κ3) is 3.31. The predicted octanol–water partition coefficient (Wildman–Crippen LogP) is 5.31. The number of hydrogen-bond donors (Lipinski definition) is 2. The molecule has 0 amide bonds. The molecule has 0 aromatic heterocycles. The van der Waals surface area contributed by atoms with Crippen molar-refractivity contribution in [1.29, 1.82) is 0 Å². The van der Waals surface area contributed by atoms with Crippen molar-refractivity contribution >= 4 is 28.9 Å². The number of halogens is 5. The molecule has 0 radical (unpaired) electrons. The lowest BCUT2D eigenvalue weighted by Crippen LogP contribution is -2.42. The molecule has 3 nitrogen and oxygen atoms in total. The lowest BCUT2D eigenvalue weighted by Gasteiger charge is -2.30. The van der Waals surface area contributed by atoms with Gasteiger partial charge in [-0.3, -0.25) is 4.84 Å². The summed E-state index contributed by atoms with van der Waals surface area (Å²) in [4.78, 5) is 5.11. The quantitative estimate of drug-likeness (QED) is 0.683. The van der Waals surface area contributed by atoms with Crippen LogP contribution < -0.4 is 11.2 Å². The van der Waals surface area contributed by atoms with Crippen LogP contribution in [0.4, 0.5) is 18.9 Å². The van der Waals surface area contributed by atoms with Crippen LogP contribution in [0.5, 0.6) is 0 Å². The normalized spacial score (nSPS) is 23.8. The van der Waals surface area contributed by atoms with E-state index >= 15 is 0 Å². The number of alkyl halides is 3. The number of nitrogens with two attached hydrogens (primary N) is 1. The van der Waals surface area contributed by atoms with Gasteiger partial charge in [-0.25, -0.2) is 0 Å². The van der Waals surface area contributed by atoms with Crippen LogP contribution in [-0.4, -0.2) is 6.18 Å². The Morgan fingerprint density at radius 3 is 2.36 bits per heavy atom. The first kappa shape index (κ1) is 18.3. The molecule has 1 fully saturated rings. The average Bonchev–Trinajstić information content (AvgIpc) is 2.95. The van der Waals surface area contributed by atoms with Crippen molar-refractivity contribution in [3.8, 4) is 0 Å². The highest BCUT2D eigenvalue weighted by Crippen LogP contribution is 2.51. The van der Waals surface area contributed by atoms with Crippen molar-refractivity contribution in [3.63, 3.8) is 0 Å². The minimum Gasteiger partial charge on any atom is -0.399 e. The molecule has 2 atom stereocenters. The van der Waals surface area contributed by atoms with E-state index in [1.165, 1.54) is 18.2 Å². The number of hydroxylamine groups is 1. The van der Waals surface area contributed by atoms with E-state index in [4.69, 9.17) is 33.8 Å². The maximum atomic E-state index is 13.9. The van der Waals surface area contributed by atoms with E-state index in [2.05, 4.69) is 5.48 Å². The Balaban J connectivity index is 2.03. The predicted molar refractivity (Wildman–Crippen MR) is 91.4 cm³/mol. The molecule has 1 heterocycles. The molecule has 0 bridgehead atoms. The molecule has 1 aliphatic rings. The average molecular weight is 391 g/mol. The molecule has 25 heavy (non-hydrogen) atoms. The molecule has 0 aliphatic carbocycles. The maximum Gasteiger partial charge on any atom is 0.423 e. The fourth-order valence-corrected chi connectivity index (χ4v) is 3.43.